The molecule has 2 amide bonds. The molecule has 2 aromatic carbocycles. The van der Waals surface area contributed by atoms with Crippen molar-refractivity contribution >= 4 is 45.1 Å². The van der Waals surface area contributed by atoms with Gasteiger partial charge in [-0.15, -0.1) is 0 Å². The average Bonchev–Trinajstić information content (AvgIpc) is 2.66. The van der Waals surface area contributed by atoms with Gasteiger partial charge >= 0.3 is 5.97 Å². The molecule has 0 aliphatic rings. The Morgan fingerprint density at radius 2 is 1.86 bits per heavy atom. The molecule has 29 heavy (non-hydrogen) atoms. The molecule has 0 unspecified atom stereocenters. The maximum absolute atomic E-state index is 12.1. The summed E-state index contributed by atoms with van der Waals surface area (Å²) in [6, 6.07) is 9.33. The lowest BCUT2D eigenvalue weighted by Crippen LogP contribution is -2.35. The number of aryl methyl sites for hydroxylation is 1. The number of halogens is 1. The molecule has 2 rings (SSSR count). The predicted octanol–water partition coefficient (Wildman–Crippen LogP) is 2.89. The molecule has 0 aliphatic carbocycles. The van der Waals surface area contributed by atoms with Crippen LogP contribution in [0, 0.1) is 24.0 Å². The van der Waals surface area contributed by atoms with Gasteiger partial charge in [-0.2, -0.15) is 0 Å². The lowest BCUT2D eigenvalue weighted by Gasteiger charge is -2.10. The highest BCUT2D eigenvalue weighted by atomic mass is 79.9. The number of esters is 1. The number of hydrogen-bond acceptors (Lipinski definition) is 6. The Morgan fingerprint density at radius 1 is 1.14 bits per heavy atom. The van der Waals surface area contributed by atoms with Crippen molar-refractivity contribution < 1.29 is 24.0 Å². The second-order valence-electron chi connectivity index (χ2n) is 6.07. The number of ether oxygens (including phenoxy) is 1. The van der Waals surface area contributed by atoms with E-state index in [2.05, 4.69) is 26.6 Å². The van der Waals surface area contributed by atoms with Gasteiger partial charge in [0.1, 0.15) is 0 Å². The molecule has 0 fully saturated rings. The van der Waals surface area contributed by atoms with Crippen LogP contribution < -0.4 is 10.6 Å². The summed E-state index contributed by atoms with van der Waals surface area (Å²) >= 11 is 3.33. The molecular weight excluding hydrogens is 446 g/mol. The third-order valence-corrected chi connectivity index (χ3v) is 4.46. The summed E-state index contributed by atoms with van der Waals surface area (Å²) in [6.07, 6.45) is 0. The van der Waals surface area contributed by atoms with Gasteiger partial charge in [-0.25, -0.2) is 4.79 Å². The molecule has 0 saturated carbocycles. The topological polar surface area (TPSA) is 128 Å². The van der Waals surface area contributed by atoms with E-state index in [0.717, 1.165) is 10.0 Å². The summed E-state index contributed by atoms with van der Waals surface area (Å²) in [5.41, 5.74) is 1.38. The zero-order valence-electron chi connectivity index (χ0n) is 15.7. The Kier molecular flexibility index (Phi) is 7.43. The normalized spacial score (nSPS) is 10.2. The first-order chi connectivity index (χ1) is 13.7. The second kappa shape index (κ2) is 9.78. The first kappa shape index (κ1) is 22.0. The lowest BCUT2D eigenvalue weighted by molar-refractivity contribution is -0.385. The number of amides is 2. The van der Waals surface area contributed by atoms with Crippen LogP contribution in [0.1, 0.15) is 21.5 Å². The van der Waals surface area contributed by atoms with Crippen LogP contribution in [0.5, 0.6) is 0 Å². The Balaban J connectivity index is 1.84. The third-order valence-electron chi connectivity index (χ3n) is 3.96. The van der Waals surface area contributed by atoms with E-state index in [0.29, 0.717) is 5.69 Å². The number of anilines is 1. The van der Waals surface area contributed by atoms with E-state index < -0.39 is 29.3 Å². The number of carbonyl (C=O) groups is 3. The summed E-state index contributed by atoms with van der Waals surface area (Å²) in [7, 11) is 0. The summed E-state index contributed by atoms with van der Waals surface area (Å²) in [6.45, 7) is 2.32. The molecule has 2 N–H and O–H groups in total. The first-order valence-corrected chi connectivity index (χ1v) is 9.22. The van der Waals surface area contributed by atoms with Crippen molar-refractivity contribution in [1.82, 2.24) is 5.32 Å². The third kappa shape index (κ3) is 6.11. The number of benzene rings is 2. The molecule has 0 heterocycles. The van der Waals surface area contributed by atoms with Crippen molar-refractivity contribution in [1.29, 1.82) is 0 Å². The Labute approximate surface area is 174 Å². The number of nitro groups is 1. The fourth-order valence-corrected chi connectivity index (χ4v) is 2.92. The summed E-state index contributed by atoms with van der Waals surface area (Å²) in [4.78, 5) is 46.2. The number of hydrogen-bond donors (Lipinski definition) is 2. The smallest absolute Gasteiger partial charge is 0.339 e. The number of nitro benzene ring substituents is 1. The van der Waals surface area contributed by atoms with Crippen LogP contribution in [0.15, 0.2) is 40.9 Å². The highest BCUT2D eigenvalue weighted by Gasteiger charge is 2.19. The molecule has 152 valence electrons. The molecule has 9 nitrogen and oxygen atoms in total. The first-order valence-electron chi connectivity index (χ1n) is 8.43. The van der Waals surface area contributed by atoms with Crippen LogP contribution in [-0.2, 0) is 14.3 Å². The fourth-order valence-electron chi connectivity index (χ4n) is 2.44. The van der Waals surface area contributed by atoms with Crippen LogP contribution in [0.2, 0.25) is 0 Å². The molecule has 0 aromatic heterocycles. The number of rotatable bonds is 7. The van der Waals surface area contributed by atoms with Crippen molar-refractivity contribution in [2.24, 2.45) is 0 Å². The zero-order chi connectivity index (χ0) is 21.6. The van der Waals surface area contributed by atoms with Crippen LogP contribution >= 0.6 is 15.9 Å². The highest BCUT2D eigenvalue weighted by Crippen LogP contribution is 2.22. The number of nitrogens with zero attached hydrogens (tertiary/aromatic N) is 1. The van der Waals surface area contributed by atoms with Gasteiger partial charge < -0.3 is 15.4 Å². The van der Waals surface area contributed by atoms with Gasteiger partial charge in [-0.3, -0.25) is 19.7 Å². The Hall–Kier alpha value is -3.27. The maximum atomic E-state index is 12.1. The SMILES string of the molecule is Cc1cc(Br)ccc1NC(=O)CNC(=O)COC(=O)c1cccc([N+](=O)[O-])c1C. The van der Waals surface area contributed by atoms with E-state index >= 15 is 0 Å². The van der Waals surface area contributed by atoms with Crippen LogP contribution in [0.25, 0.3) is 0 Å². The van der Waals surface area contributed by atoms with E-state index in [9.17, 15) is 24.5 Å². The Morgan fingerprint density at radius 3 is 2.52 bits per heavy atom. The molecule has 0 bridgehead atoms. The summed E-state index contributed by atoms with van der Waals surface area (Å²) in [5.74, 6) is -1.98. The minimum atomic E-state index is -0.865. The Bertz CT molecular complexity index is 976. The zero-order valence-corrected chi connectivity index (χ0v) is 17.2. The lowest BCUT2D eigenvalue weighted by atomic mass is 10.1. The quantitative estimate of drug-likeness (QED) is 0.369. The van der Waals surface area contributed by atoms with Gasteiger partial charge in [-0.1, -0.05) is 22.0 Å². The maximum Gasteiger partial charge on any atom is 0.339 e. The van der Waals surface area contributed by atoms with Crippen LogP contribution in [-0.4, -0.2) is 35.9 Å². The van der Waals surface area contributed by atoms with E-state index in [1.165, 1.54) is 25.1 Å². The fraction of sp³-hybridized carbons (Fsp3) is 0.211. The summed E-state index contributed by atoms with van der Waals surface area (Å²) in [5, 5.41) is 15.9. The second-order valence-corrected chi connectivity index (χ2v) is 6.98. The van der Waals surface area contributed by atoms with Crippen molar-refractivity contribution in [3.05, 3.63) is 67.7 Å². The van der Waals surface area contributed by atoms with E-state index in [4.69, 9.17) is 4.74 Å². The van der Waals surface area contributed by atoms with E-state index in [1.54, 1.807) is 12.1 Å². The van der Waals surface area contributed by atoms with Crippen molar-refractivity contribution in [3.63, 3.8) is 0 Å². The number of nitrogens with one attached hydrogen (secondary N) is 2. The average molecular weight is 464 g/mol. The van der Waals surface area contributed by atoms with Crippen molar-refractivity contribution in [3.8, 4) is 0 Å². The van der Waals surface area contributed by atoms with Crippen molar-refractivity contribution in [2.45, 2.75) is 13.8 Å². The molecule has 2 aromatic rings. The van der Waals surface area contributed by atoms with Gasteiger partial charge in [0.25, 0.3) is 11.6 Å². The highest BCUT2D eigenvalue weighted by molar-refractivity contribution is 9.10. The standard InChI is InChI=1S/C19H18BrN3O6/c1-11-8-13(20)6-7-15(11)22-17(24)9-21-18(25)10-29-19(26)14-4-3-5-16(12(14)2)23(27)28/h3-8H,9-10H2,1-2H3,(H,21,25)(H,22,24). The predicted molar refractivity (Wildman–Crippen MR) is 109 cm³/mol. The monoisotopic (exact) mass is 463 g/mol. The van der Waals surface area contributed by atoms with Gasteiger partial charge in [0, 0.05) is 21.8 Å². The van der Waals surface area contributed by atoms with Crippen molar-refractivity contribution in [2.75, 3.05) is 18.5 Å². The van der Waals surface area contributed by atoms with Gasteiger partial charge in [0.15, 0.2) is 6.61 Å². The largest absolute Gasteiger partial charge is 0.452 e. The minimum absolute atomic E-state index is 0.00421. The van der Waals surface area contributed by atoms with Crippen LogP contribution in [0.3, 0.4) is 0 Å². The minimum Gasteiger partial charge on any atom is -0.452 e. The van der Waals surface area contributed by atoms with Crippen LogP contribution in [0.4, 0.5) is 11.4 Å². The van der Waals surface area contributed by atoms with E-state index in [-0.39, 0.29) is 23.4 Å². The molecule has 0 aliphatic heterocycles. The molecule has 0 spiro atoms. The molecule has 10 heteroatoms. The number of carbonyl (C=O) groups excluding carboxylic acids is 3. The molecule has 0 saturated heterocycles. The van der Waals surface area contributed by atoms with Gasteiger partial charge in [0.2, 0.25) is 5.91 Å². The van der Waals surface area contributed by atoms with Gasteiger partial charge in [0.05, 0.1) is 17.0 Å². The molecular formula is C19H18BrN3O6. The summed E-state index contributed by atoms with van der Waals surface area (Å²) < 4.78 is 5.75. The van der Waals surface area contributed by atoms with Gasteiger partial charge in [-0.05, 0) is 43.7 Å². The molecule has 0 atom stereocenters. The molecule has 0 radical (unpaired) electrons. The van der Waals surface area contributed by atoms with E-state index in [1.807, 2.05) is 13.0 Å².